The van der Waals surface area contributed by atoms with Crippen molar-refractivity contribution in [1.29, 1.82) is 0 Å². The largest absolute Gasteiger partial charge is 0.417 e. The van der Waals surface area contributed by atoms with Crippen LogP contribution in [0, 0.1) is 9.39 Å². The summed E-state index contributed by atoms with van der Waals surface area (Å²) in [6.45, 7) is 0. The zero-order valence-corrected chi connectivity index (χ0v) is 9.67. The fraction of sp³-hybridized carbons (Fsp3) is 0.143. The van der Waals surface area contributed by atoms with Crippen molar-refractivity contribution in [3.8, 4) is 0 Å². The molecule has 0 saturated heterocycles. The number of alkyl halides is 3. The number of benzene rings is 1. The molecule has 0 bridgehead atoms. The Morgan fingerprint density at radius 2 is 1.77 bits per heavy atom. The molecule has 0 unspecified atom stereocenters. The van der Waals surface area contributed by atoms with E-state index in [0.29, 0.717) is 6.07 Å². The summed E-state index contributed by atoms with van der Waals surface area (Å²) in [5, 5.41) is 0. The Hall–Kier alpha value is 0.150. The van der Waals surface area contributed by atoms with Gasteiger partial charge in [-0.2, -0.15) is 13.2 Å². The van der Waals surface area contributed by atoms with Crippen molar-refractivity contribution in [3.63, 3.8) is 0 Å². The molecule has 0 fully saturated rings. The molecule has 0 aliphatic rings. The predicted octanol–water partition coefficient (Wildman–Crippen LogP) is 4.21. The number of rotatable bonds is 0. The standard InChI is InChI=1S/C7H2BrF4I/c8-6-4(7(10,11)12)1-3(9)2-5(6)13/h1-2H. The van der Waals surface area contributed by atoms with Crippen LogP contribution in [0.5, 0.6) is 0 Å². The van der Waals surface area contributed by atoms with Gasteiger partial charge >= 0.3 is 6.18 Å². The second-order valence-electron chi connectivity index (χ2n) is 2.25. The van der Waals surface area contributed by atoms with Crippen molar-refractivity contribution in [3.05, 3.63) is 31.6 Å². The zero-order valence-electron chi connectivity index (χ0n) is 5.92. The molecule has 6 heteroatoms. The fourth-order valence-electron chi connectivity index (χ4n) is 0.762. The van der Waals surface area contributed by atoms with Crippen LogP contribution in [0.25, 0.3) is 0 Å². The van der Waals surface area contributed by atoms with Crippen LogP contribution in [0.2, 0.25) is 0 Å². The number of hydrogen-bond acceptors (Lipinski definition) is 0. The zero-order chi connectivity index (χ0) is 10.2. The molecule has 0 amide bonds. The lowest BCUT2D eigenvalue weighted by atomic mass is 10.2. The van der Waals surface area contributed by atoms with Gasteiger partial charge in [0.15, 0.2) is 0 Å². The van der Waals surface area contributed by atoms with Crippen LogP contribution in [0.15, 0.2) is 16.6 Å². The third-order valence-corrected chi connectivity index (χ3v) is 3.74. The second kappa shape index (κ2) is 3.72. The molecule has 0 atom stereocenters. The number of hydrogen-bond donors (Lipinski definition) is 0. The molecule has 1 rings (SSSR count). The molecule has 1 aromatic carbocycles. The summed E-state index contributed by atoms with van der Waals surface area (Å²) in [6.07, 6.45) is -4.53. The van der Waals surface area contributed by atoms with E-state index in [1.54, 1.807) is 22.6 Å². The molecule has 0 aliphatic carbocycles. The lowest BCUT2D eigenvalue weighted by Crippen LogP contribution is -2.07. The molecule has 0 heterocycles. The molecule has 0 radical (unpaired) electrons. The fourth-order valence-corrected chi connectivity index (χ4v) is 1.80. The van der Waals surface area contributed by atoms with Crippen molar-refractivity contribution < 1.29 is 17.6 Å². The van der Waals surface area contributed by atoms with E-state index in [0.717, 1.165) is 6.07 Å². The van der Waals surface area contributed by atoms with Gasteiger partial charge in [0.05, 0.1) is 5.56 Å². The van der Waals surface area contributed by atoms with Crippen molar-refractivity contribution in [1.82, 2.24) is 0 Å². The van der Waals surface area contributed by atoms with Crippen LogP contribution < -0.4 is 0 Å². The maximum Gasteiger partial charge on any atom is 0.417 e. The van der Waals surface area contributed by atoms with Gasteiger partial charge in [-0.05, 0) is 50.7 Å². The lowest BCUT2D eigenvalue weighted by Gasteiger charge is -2.09. The molecule has 1 aromatic rings. The first-order chi connectivity index (χ1) is 5.82. The minimum absolute atomic E-state index is 0.123. The normalized spacial score (nSPS) is 11.8. The van der Waals surface area contributed by atoms with Gasteiger partial charge in [0.1, 0.15) is 5.82 Å². The Bertz CT molecular complexity index is 334. The molecule has 0 spiro atoms. The van der Waals surface area contributed by atoms with E-state index < -0.39 is 17.6 Å². The van der Waals surface area contributed by atoms with Crippen LogP contribution in [0.1, 0.15) is 5.56 Å². The summed E-state index contributed by atoms with van der Waals surface area (Å²) in [5.41, 5.74) is -0.989. The van der Waals surface area contributed by atoms with Gasteiger partial charge in [0.25, 0.3) is 0 Å². The molecule has 0 N–H and O–H groups in total. The van der Waals surface area contributed by atoms with E-state index in [2.05, 4.69) is 15.9 Å². The molecular formula is C7H2BrF4I. The van der Waals surface area contributed by atoms with E-state index in [1.807, 2.05) is 0 Å². The van der Waals surface area contributed by atoms with Crippen molar-refractivity contribution in [2.75, 3.05) is 0 Å². The Kier molecular flexibility index (Phi) is 3.21. The highest BCUT2D eigenvalue weighted by atomic mass is 127. The van der Waals surface area contributed by atoms with E-state index in [4.69, 9.17) is 0 Å². The SMILES string of the molecule is Fc1cc(I)c(Br)c(C(F)(F)F)c1. The summed E-state index contributed by atoms with van der Waals surface area (Å²) < 4.78 is 49.3. The van der Waals surface area contributed by atoms with Crippen molar-refractivity contribution in [2.45, 2.75) is 6.18 Å². The predicted molar refractivity (Wildman–Crippen MR) is 51.8 cm³/mol. The maximum atomic E-state index is 12.6. The highest BCUT2D eigenvalue weighted by Crippen LogP contribution is 2.37. The van der Waals surface area contributed by atoms with Gasteiger partial charge in [-0.15, -0.1) is 0 Å². The van der Waals surface area contributed by atoms with Gasteiger partial charge in [0.2, 0.25) is 0 Å². The molecular weight excluding hydrogens is 367 g/mol. The monoisotopic (exact) mass is 368 g/mol. The van der Waals surface area contributed by atoms with E-state index in [9.17, 15) is 17.6 Å². The van der Waals surface area contributed by atoms with Gasteiger partial charge < -0.3 is 0 Å². The number of halogens is 6. The summed E-state index contributed by atoms with van der Waals surface area (Å²) in [6, 6.07) is 1.49. The summed E-state index contributed by atoms with van der Waals surface area (Å²) in [7, 11) is 0. The Morgan fingerprint density at radius 3 is 2.23 bits per heavy atom. The third kappa shape index (κ3) is 2.55. The molecule has 13 heavy (non-hydrogen) atoms. The molecule has 0 aliphatic heterocycles. The first-order valence-corrected chi connectivity index (χ1v) is 4.91. The highest BCUT2D eigenvalue weighted by molar-refractivity contribution is 14.1. The molecule has 0 saturated carbocycles. The van der Waals surface area contributed by atoms with Gasteiger partial charge in [-0.3, -0.25) is 0 Å². The summed E-state index contributed by atoms with van der Waals surface area (Å²) in [5.74, 6) is -0.889. The van der Waals surface area contributed by atoms with E-state index >= 15 is 0 Å². The molecule has 72 valence electrons. The third-order valence-electron chi connectivity index (χ3n) is 1.30. The Labute approximate surface area is 93.6 Å². The van der Waals surface area contributed by atoms with Crippen molar-refractivity contribution in [2.24, 2.45) is 0 Å². The van der Waals surface area contributed by atoms with Crippen molar-refractivity contribution >= 4 is 38.5 Å². The first-order valence-electron chi connectivity index (χ1n) is 3.04. The van der Waals surface area contributed by atoms with Crippen LogP contribution in [-0.2, 0) is 6.18 Å². The average Bonchev–Trinajstić information content (AvgIpc) is 1.94. The minimum Gasteiger partial charge on any atom is -0.207 e. The van der Waals surface area contributed by atoms with E-state index in [-0.39, 0.29) is 8.04 Å². The van der Waals surface area contributed by atoms with Crippen LogP contribution in [0.4, 0.5) is 17.6 Å². The van der Waals surface area contributed by atoms with Gasteiger partial charge in [-0.1, -0.05) is 0 Å². The van der Waals surface area contributed by atoms with Gasteiger partial charge in [-0.25, -0.2) is 4.39 Å². The quantitative estimate of drug-likeness (QED) is 0.365. The lowest BCUT2D eigenvalue weighted by molar-refractivity contribution is -0.138. The highest BCUT2D eigenvalue weighted by Gasteiger charge is 2.34. The second-order valence-corrected chi connectivity index (χ2v) is 4.20. The molecule has 0 aromatic heterocycles. The van der Waals surface area contributed by atoms with Crippen LogP contribution in [0.3, 0.4) is 0 Å². The first kappa shape index (κ1) is 11.2. The summed E-state index contributed by atoms with van der Waals surface area (Å²) >= 11 is 4.38. The minimum atomic E-state index is -4.53. The van der Waals surface area contributed by atoms with Crippen LogP contribution >= 0.6 is 38.5 Å². The maximum absolute atomic E-state index is 12.6. The Morgan fingerprint density at radius 1 is 1.23 bits per heavy atom. The van der Waals surface area contributed by atoms with Crippen LogP contribution in [-0.4, -0.2) is 0 Å². The summed E-state index contributed by atoms with van der Waals surface area (Å²) in [4.78, 5) is 0. The van der Waals surface area contributed by atoms with E-state index in [1.165, 1.54) is 0 Å². The average molecular weight is 369 g/mol. The molecule has 0 nitrogen and oxygen atoms in total. The topological polar surface area (TPSA) is 0 Å². The Balaban J connectivity index is 3.37. The van der Waals surface area contributed by atoms with Gasteiger partial charge in [0, 0.05) is 8.04 Å². The smallest absolute Gasteiger partial charge is 0.207 e.